The number of aromatic nitrogens is 2. The number of hydrogen-bond donors (Lipinski definition) is 3. The molecule has 3 rings (SSSR count). The monoisotopic (exact) mass is 314 g/mol. The highest BCUT2D eigenvalue weighted by molar-refractivity contribution is 5.59. The molecule has 1 aromatic carbocycles. The topological polar surface area (TPSA) is 65.5 Å². The van der Waals surface area contributed by atoms with Crippen molar-refractivity contribution in [3.8, 4) is 0 Å². The van der Waals surface area contributed by atoms with Gasteiger partial charge in [0.15, 0.2) is 0 Å². The van der Waals surface area contributed by atoms with Crippen LogP contribution in [0.15, 0.2) is 35.1 Å². The number of aromatic amines is 1. The fourth-order valence-electron chi connectivity index (χ4n) is 2.79. The van der Waals surface area contributed by atoms with Crippen molar-refractivity contribution in [3.05, 3.63) is 46.4 Å². The number of rotatable bonds is 4. The number of aryl methyl sites for hydroxylation is 1. The van der Waals surface area contributed by atoms with E-state index in [9.17, 15) is 4.79 Å². The van der Waals surface area contributed by atoms with Gasteiger partial charge in [-0.15, -0.1) is 0 Å². The van der Waals surface area contributed by atoms with Gasteiger partial charge in [-0.2, -0.15) is 0 Å². The van der Waals surface area contributed by atoms with E-state index in [1.54, 1.807) is 4.90 Å². The van der Waals surface area contributed by atoms with Crippen LogP contribution in [0.2, 0.25) is 0 Å². The molecule has 1 aliphatic rings. The highest BCUT2D eigenvalue weighted by Gasteiger charge is 2.16. The van der Waals surface area contributed by atoms with Crippen LogP contribution in [-0.4, -0.2) is 43.2 Å². The van der Waals surface area contributed by atoms with Gasteiger partial charge < -0.3 is 15.1 Å². The van der Waals surface area contributed by atoms with Gasteiger partial charge in [0.25, 0.3) is 5.56 Å². The fraction of sp³-hybridized carbons (Fsp3) is 0.412. The Hall–Kier alpha value is -2.34. The van der Waals surface area contributed by atoms with Crippen molar-refractivity contribution in [1.82, 2.24) is 9.97 Å². The SMILES string of the molecule is CCc1cc(=O)[nH]c(Nc2ccc(N3CC[NH+](C)CC3)cc2)n1. The van der Waals surface area contributed by atoms with E-state index in [4.69, 9.17) is 0 Å². The van der Waals surface area contributed by atoms with Crippen molar-refractivity contribution in [2.75, 3.05) is 43.4 Å². The molecule has 0 bridgehead atoms. The first kappa shape index (κ1) is 15.6. The Morgan fingerprint density at radius 2 is 1.96 bits per heavy atom. The van der Waals surface area contributed by atoms with Crippen molar-refractivity contribution < 1.29 is 4.90 Å². The second-order valence-electron chi connectivity index (χ2n) is 6.05. The first-order chi connectivity index (χ1) is 11.1. The van der Waals surface area contributed by atoms with Crippen molar-refractivity contribution in [2.24, 2.45) is 0 Å². The summed E-state index contributed by atoms with van der Waals surface area (Å²) < 4.78 is 0. The zero-order chi connectivity index (χ0) is 16.2. The minimum Gasteiger partial charge on any atom is -0.360 e. The maximum Gasteiger partial charge on any atom is 0.252 e. The number of piperazine rings is 1. The first-order valence-corrected chi connectivity index (χ1v) is 8.17. The maximum absolute atomic E-state index is 11.6. The molecule has 23 heavy (non-hydrogen) atoms. The third kappa shape index (κ3) is 3.90. The van der Waals surface area contributed by atoms with Crippen molar-refractivity contribution in [2.45, 2.75) is 13.3 Å². The van der Waals surface area contributed by atoms with Crippen LogP contribution in [0, 0.1) is 0 Å². The van der Waals surface area contributed by atoms with Gasteiger partial charge >= 0.3 is 0 Å². The Labute approximate surface area is 136 Å². The van der Waals surface area contributed by atoms with Crippen molar-refractivity contribution >= 4 is 17.3 Å². The largest absolute Gasteiger partial charge is 0.360 e. The van der Waals surface area contributed by atoms with E-state index in [0.29, 0.717) is 5.95 Å². The minimum atomic E-state index is -0.129. The zero-order valence-electron chi connectivity index (χ0n) is 13.7. The van der Waals surface area contributed by atoms with Crippen LogP contribution in [0.1, 0.15) is 12.6 Å². The lowest BCUT2D eigenvalue weighted by molar-refractivity contribution is -0.880. The number of hydrogen-bond acceptors (Lipinski definition) is 4. The first-order valence-electron chi connectivity index (χ1n) is 8.17. The molecule has 0 atom stereocenters. The van der Waals surface area contributed by atoms with Gasteiger partial charge in [-0.3, -0.25) is 9.78 Å². The molecular formula is C17H24N5O+. The zero-order valence-corrected chi connectivity index (χ0v) is 13.7. The van der Waals surface area contributed by atoms with Gasteiger partial charge in [-0.25, -0.2) is 4.98 Å². The normalized spacial score (nSPS) is 15.7. The Morgan fingerprint density at radius 1 is 1.26 bits per heavy atom. The van der Waals surface area contributed by atoms with Gasteiger partial charge in [0, 0.05) is 23.1 Å². The lowest BCUT2D eigenvalue weighted by atomic mass is 10.2. The Morgan fingerprint density at radius 3 is 2.61 bits per heavy atom. The number of likely N-dealkylation sites (N-methyl/N-ethyl adjacent to an activating group) is 1. The van der Waals surface area contributed by atoms with E-state index in [-0.39, 0.29) is 5.56 Å². The Bertz CT molecular complexity index is 702. The highest BCUT2D eigenvalue weighted by Crippen LogP contribution is 2.19. The average Bonchev–Trinajstić information content (AvgIpc) is 2.56. The molecule has 2 aromatic rings. The molecule has 0 aliphatic carbocycles. The van der Waals surface area contributed by atoms with E-state index in [0.717, 1.165) is 30.9 Å². The molecule has 6 nitrogen and oxygen atoms in total. The molecule has 3 N–H and O–H groups in total. The number of nitrogens with one attached hydrogen (secondary N) is 3. The summed E-state index contributed by atoms with van der Waals surface area (Å²) in [6, 6.07) is 9.82. The van der Waals surface area contributed by atoms with Crippen LogP contribution in [0.5, 0.6) is 0 Å². The van der Waals surface area contributed by atoms with Crippen LogP contribution in [0.3, 0.4) is 0 Å². The summed E-state index contributed by atoms with van der Waals surface area (Å²) in [5.41, 5.74) is 2.82. The number of H-pyrrole nitrogens is 1. The smallest absolute Gasteiger partial charge is 0.252 e. The van der Waals surface area contributed by atoms with Crippen LogP contribution in [0.25, 0.3) is 0 Å². The second-order valence-corrected chi connectivity index (χ2v) is 6.05. The predicted octanol–water partition coefficient (Wildman–Crippen LogP) is 0.411. The third-order valence-electron chi connectivity index (χ3n) is 4.27. The highest BCUT2D eigenvalue weighted by atomic mass is 16.1. The molecular weight excluding hydrogens is 290 g/mol. The van der Waals surface area contributed by atoms with Gasteiger partial charge in [-0.05, 0) is 30.7 Å². The Balaban J connectivity index is 1.70. The Kier molecular flexibility index (Phi) is 4.62. The van der Waals surface area contributed by atoms with E-state index in [1.165, 1.54) is 24.8 Å². The standard InChI is InChI=1S/C17H23N5O/c1-3-13-12-16(23)20-17(18-13)19-14-4-6-15(7-5-14)22-10-8-21(2)9-11-22/h4-7,12H,3,8-11H2,1-2H3,(H2,18,19,20,23)/p+1. The summed E-state index contributed by atoms with van der Waals surface area (Å²) in [5, 5.41) is 3.17. The van der Waals surface area contributed by atoms with Crippen molar-refractivity contribution in [1.29, 1.82) is 0 Å². The lowest BCUT2D eigenvalue weighted by Gasteiger charge is -2.31. The summed E-state index contributed by atoms with van der Waals surface area (Å²) in [5.74, 6) is 0.491. The number of nitrogens with zero attached hydrogens (tertiary/aromatic N) is 2. The molecule has 0 radical (unpaired) electrons. The van der Waals surface area contributed by atoms with E-state index < -0.39 is 0 Å². The minimum absolute atomic E-state index is 0.129. The summed E-state index contributed by atoms with van der Waals surface area (Å²) >= 11 is 0. The molecule has 1 fully saturated rings. The van der Waals surface area contributed by atoms with Crippen LogP contribution in [-0.2, 0) is 6.42 Å². The molecule has 122 valence electrons. The number of anilines is 3. The van der Waals surface area contributed by atoms with Gasteiger partial charge in [-0.1, -0.05) is 6.92 Å². The number of benzene rings is 1. The number of quaternary nitrogens is 1. The fourth-order valence-corrected chi connectivity index (χ4v) is 2.79. The van der Waals surface area contributed by atoms with Gasteiger partial charge in [0.05, 0.1) is 33.2 Å². The summed E-state index contributed by atoms with van der Waals surface area (Å²) in [6.07, 6.45) is 0.739. The van der Waals surface area contributed by atoms with E-state index in [2.05, 4.69) is 39.4 Å². The van der Waals surface area contributed by atoms with Gasteiger partial charge in [0.2, 0.25) is 5.95 Å². The van der Waals surface area contributed by atoms with E-state index >= 15 is 0 Å². The molecule has 0 saturated carbocycles. The van der Waals surface area contributed by atoms with E-state index in [1.807, 2.05) is 19.1 Å². The van der Waals surface area contributed by atoms with Crippen LogP contribution >= 0.6 is 0 Å². The molecule has 1 aliphatic heterocycles. The predicted molar refractivity (Wildman–Crippen MR) is 92.8 cm³/mol. The summed E-state index contributed by atoms with van der Waals surface area (Å²) in [4.78, 5) is 22.7. The summed E-state index contributed by atoms with van der Waals surface area (Å²) in [7, 11) is 2.24. The lowest BCUT2D eigenvalue weighted by Crippen LogP contribution is -3.12. The van der Waals surface area contributed by atoms with Gasteiger partial charge in [0.1, 0.15) is 0 Å². The molecule has 6 heteroatoms. The molecule has 2 heterocycles. The van der Waals surface area contributed by atoms with Crippen LogP contribution < -0.4 is 20.7 Å². The molecule has 0 unspecified atom stereocenters. The maximum atomic E-state index is 11.6. The summed E-state index contributed by atoms with van der Waals surface area (Å²) in [6.45, 7) is 6.51. The molecule has 1 aromatic heterocycles. The molecule has 0 amide bonds. The third-order valence-corrected chi connectivity index (χ3v) is 4.27. The van der Waals surface area contributed by atoms with Crippen molar-refractivity contribution in [3.63, 3.8) is 0 Å². The second kappa shape index (κ2) is 6.83. The molecule has 1 saturated heterocycles. The average molecular weight is 314 g/mol. The quantitative estimate of drug-likeness (QED) is 0.765. The molecule has 0 spiro atoms. The van der Waals surface area contributed by atoms with Crippen LogP contribution in [0.4, 0.5) is 17.3 Å².